The van der Waals surface area contributed by atoms with Crippen molar-refractivity contribution in [2.45, 2.75) is 32.9 Å². The van der Waals surface area contributed by atoms with Crippen LogP contribution in [0.3, 0.4) is 0 Å². The number of hydrogen-bond acceptors (Lipinski definition) is 4. The number of carbonyl (C=O) groups excluding carboxylic acids is 1. The Morgan fingerprint density at radius 2 is 2.04 bits per heavy atom. The maximum atomic E-state index is 11.8. The molecule has 0 aliphatic heterocycles. The third-order valence-electron chi connectivity index (χ3n) is 3.35. The zero-order valence-corrected chi connectivity index (χ0v) is 16.6. The maximum Gasteiger partial charge on any atom is 0.341 e. The molecule has 1 aromatic rings. The Bertz CT molecular complexity index is 535. The van der Waals surface area contributed by atoms with E-state index in [0.29, 0.717) is 23.9 Å². The summed E-state index contributed by atoms with van der Waals surface area (Å²) in [6.45, 7) is 4.75. The molecule has 1 unspecified atom stereocenters. The van der Waals surface area contributed by atoms with E-state index in [1.54, 1.807) is 19.2 Å². The lowest BCUT2D eigenvalue weighted by Gasteiger charge is -2.17. The molecule has 0 saturated heterocycles. The highest BCUT2D eigenvalue weighted by atomic mass is 127. The van der Waals surface area contributed by atoms with Gasteiger partial charge in [-0.05, 0) is 31.0 Å². The summed E-state index contributed by atoms with van der Waals surface area (Å²) in [5.41, 5.74) is 1.35. The summed E-state index contributed by atoms with van der Waals surface area (Å²) in [4.78, 5) is 15.9. The van der Waals surface area contributed by atoms with Crippen molar-refractivity contribution in [3.63, 3.8) is 0 Å². The van der Waals surface area contributed by atoms with Crippen LogP contribution in [0.15, 0.2) is 23.2 Å². The van der Waals surface area contributed by atoms with Gasteiger partial charge in [-0.1, -0.05) is 13.0 Å². The first-order chi connectivity index (χ1) is 10.5. The largest absolute Gasteiger partial charge is 0.496 e. The lowest BCUT2D eigenvalue weighted by atomic mass is 10.1. The van der Waals surface area contributed by atoms with Crippen molar-refractivity contribution in [2.75, 3.05) is 21.3 Å². The molecule has 1 rings (SSSR count). The predicted octanol–water partition coefficient (Wildman–Crippen LogP) is 2.56. The number of halogens is 1. The molecule has 0 aliphatic rings. The number of aliphatic imine (C=N–C) groups is 1. The number of guanidine groups is 1. The highest BCUT2D eigenvalue weighted by Gasteiger charge is 2.13. The minimum atomic E-state index is -0.416. The first-order valence-corrected chi connectivity index (χ1v) is 7.28. The monoisotopic (exact) mass is 435 g/mol. The van der Waals surface area contributed by atoms with E-state index in [2.05, 4.69) is 29.5 Å². The van der Waals surface area contributed by atoms with E-state index in [4.69, 9.17) is 9.47 Å². The smallest absolute Gasteiger partial charge is 0.341 e. The fraction of sp³-hybridized carbons (Fsp3) is 0.500. The third kappa shape index (κ3) is 6.64. The Morgan fingerprint density at radius 3 is 2.57 bits per heavy atom. The molecule has 0 fully saturated rings. The Balaban J connectivity index is 0.00000484. The topological polar surface area (TPSA) is 72.0 Å². The number of nitrogens with one attached hydrogen (secondary N) is 2. The number of rotatable bonds is 6. The van der Waals surface area contributed by atoms with Crippen LogP contribution in [0.2, 0.25) is 0 Å². The van der Waals surface area contributed by atoms with Crippen molar-refractivity contribution in [3.05, 3.63) is 29.3 Å². The molecule has 23 heavy (non-hydrogen) atoms. The first-order valence-electron chi connectivity index (χ1n) is 7.28. The maximum absolute atomic E-state index is 11.8. The highest BCUT2D eigenvalue weighted by Crippen LogP contribution is 2.20. The van der Waals surface area contributed by atoms with Crippen LogP contribution >= 0.6 is 24.0 Å². The zero-order chi connectivity index (χ0) is 16.5. The molecule has 1 aromatic carbocycles. The lowest BCUT2D eigenvalue weighted by Crippen LogP contribution is -2.41. The molecule has 1 atom stereocenters. The first kappa shape index (κ1) is 21.5. The molecular formula is C16H26IN3O3. The Kier molecular flexibility index (Phi) is 10.4. The van der Waals surface area contributed by atoms with Crippen LogP contribution in [0.5, 0.6) is 5.75 Å². The van der Waals surface area contributed by atoms with Crippen LogP contribution in [-0.2, 0) is 11.3 Å². The summed E-state index contributed by atoms with van der Waals surface area (Å²) in [6, 6.07) is 5.75. The van der Waals surface area contributed by atoms with Crippen LogP contribution in [0.1, 0.15) is 36.2 Å². The van der Waals surface area contributed by atoms with Crippen LogP contribution in [0.25, 0.3) is 0 Å². The number of ether oxygens (including phenoxy) is 2. The lowest BCUT2D eigenvalue weighted by molar-refractivity contribution is 0.0597. The quantitative estimate of drug-likeness (QED) is 0.311. The average molecular weight is 435 g/mol. The molecule has 7 heteroatoms. The molecule has 0 spiro atoms. The molecule has 0 aromatic heterocycles. The molecule has 0 radical (unpaired) electrons. The number of benzene rings is 1. The molecular weight excluding hydrogens is 409 g/mol. The average Bonchev–Trinajstić information content (AvgIpc) is 2.57. The Morgan fingerprint density at radius 1 is 1.35 bits per heavy atom. The fourth-order valence-corrected chi connectivity index (χ4v) is 1.85. The number of hydrogen-bond donors (Lipinski definition) is 2. The standard InChI is InChI=1S/C16H25N3O3.HI/c1-6-11(2)19-16(17-3)18-10-12-7-8-14(21-4)13(9-12)15(20)22-5;/h7-9,11H,6,10H2,1-5H3,(H2,17,18,19);1H. The van der Waals surface area contributed by atoms with Crippen molar-refractivity contribution < 1.29 is 14.3 Å². The number of nitrogens with zero attached hydrogens (tertiary/aromatic N) is 1. The summed E-state index contributed by atoms with van der Waals surface area (Å²) in [6.07, 6.45) is 1.01. The van der Waals surface area contributed by atoms with Gasteiger partial charge in [0.25, 0.3) is 0 Å². The van der Waals surface area contributed by atoms with Gasteiger partial charge in [-0.25, -0.2) is 4.79 Å². The van der Waals surface area contributed by atoms with Gasteiger partial charge in [0, 0.05) is 19.6 Å². The molecule has 0 heterocycles. The second kappa shape index (κ2) is 11.1. The van der Waals surface area contributed by atoms with Crippen molar-refractivity contribution in [1.29, 1.82) is 0 Å². The van der Waals surface area contributed by atoms with E-state index in [9.17, 15) is 4.79 Å². The van der Waals surface area contributed by atoms with E-state index in [0.717, 1.165) is 17.9 Å². The van der Waals surface area contributed by atoms with Crippen molar-refractivity contribution >= 4 is 35.9 Å². The van der Waals surface area contributed by atoms with Gasteiger partial charge in [0.05, 0.1) is 14.2 Å². The van der Waals surface area contributed by atoms with Gasteiger partial charge in [-0.3, -0.25) is 4.99 Å². The van der Waals surface area contributed by atoms with Gasteiger partial charge in [-0.15, -0.1) is 24.0 Å². The molecule has 130 valence electrons. The van der Waals surface area contributed by atoms with Gasteiger partial charge in [-0.2, -0.15) is 0 Å². The van der Waals surface area contributed by atoms with E-state index < -0.39 is 5.97 Å². The molecule has 2 N–H and O–H groups in total. The molecule has 6 nitrogen and oxygen atoms in total. The summed E-state index contributed by atoms with van der Waals surface area (Å²) < 4.78 is 9.95. The fourth-order valence-electron chi connectivity index (χ4n) is 1.85. The van der Waals surface area contributed by atoms with Crippen molar-refractivity contribution in [1.82, 2.24) is 10.6 Å². The van der Waals surface area contributed by atoms with E-state index in [1.165, 1.54) is 14.2 Å². The number of methoxy groups -OCH3 is 2. The van der Waals surface area contributed by atoms with Gasteiger partial charge in [0.1, 0.15) is 11.3 Å². The minimum Gasteiger partial charge on any atom is -0.496 e. The van der Waals surface area contributed by atoms with Crippen LogP contribution in [0.4, 0.5) is 0 Å². The number of carbonyl (C=O) groups is 1. The van der Waals surface area contributed by atoms with E-state index >= 15 is 0 Å². The molecule has 0 bridgehead atoms. The molecule has 0 aliphatic carbocycles. The zero-order valence-electron chi connectivity index (χ0n) is 14.3. The molecule has 0 saturated carbocycles. The second-order valence-corrected chi connectivity index (χ2v) is 4.91. The Hall–Kier alpha value is -1.51. The summed E-state index contributed by atoms with van der Waals surface area (Å²) in [5, 5.41) is 6.50. The van der Waals surface area contributed by atoms with Crippen LogP contribution in [0, 0.1) is 0 Å². The SMILES string of the molecule is CCC(C)NC(=NC)NCc1ccc(OC)c(C(=O)OC)c1.I. The van der Waals surface area contributed by atoms with Crippen LogP contribution in [-0.4, -0.2) is 39.2 Å². The van der Waals surface area contributed by atoms with Crippen molar-refractivity contribution in [2.24, 2.45) is 4.99 Å². The van der Waals surface area contributed by atoms with E-state index in [-0.39, 0.29) is 24.0 Å². The predicted molar refractivity (Wildman–Crippen MR) is 103 cm³/mol. The normalized spacial score (nSPS) is 12.0. The second-order valence-electron chi connectivity index (χ2n) is 4.91. The summed E-state index contributed by atoms with van der Waals surface area (Å²) in [5.74, 6) is 0.809. The number of esters is 1. The van der Waals surface area contributed by atoms with E-state index in [1.807, 2.05) is 6.07 Å². The Labute approximate surface area is 155 Å². The van der Waals surface area contributed by atoms with Gasteiger partial charge >= 0.3 is 5.97 Å². The molecule has 0 amide bonds. The summed E-state index contributed by atoms with van der Waals surface area (Å²) in [7, 11) is 4.60. The highest BCUT2D eigenvalue weighted by molar-refractivity contribution is 14.0. The summed E-state index contributed by atoms with van der Waals surface area (Å²) >= 11 is 0. The van der Waals surface area contributed by atoms with Crippen molar-refractivity contribution in [3.8, 4) is 5.75 Å². The minimum absolute atomic E-state index is 0. The van der Waals surface area contributed by atoms with Gasteiger partial charge < -0.3 is 20.1 Å². The van der Waals surface area contributed by atoms with Gasteiger partial charge in [0.2, 0.25) is 0 Å². The van der Waals surface area contributed by atoms with Crippen LogP contribution < -0.4 is 15.4 Å². The third-order valence-corrected chi connectivity index (χ3v) is 3.35. The van der Waals surface area contributed by atoms with Gasteiger partial charge in [0.15, 0.2) is 5.96 Å².